The van der Waals surface area contributed by atoms with Crippen LogP contribution in [-0.2, 0) is 37.1 Å². The Balaban J connectivity index is 1.33. The molecule has 0 bridgehead atoms. The number of nitrogens with one attached hydrogen (secondary N) is 1. The fourth-order valence-corrected chi connectivity index (χ4v) is 5.05. The maximum atomic E-state index is 13.2. The Kier molecular flexibility index (Phi) is 6.21. The summed E-state index contributed by atoms with van der Waals surface area (Å²) in [6.07, 6.45) is 2.40. The van der Waals surface area contributed by atoms with Crippen molar-refractivity contribution in [1.29, 1.82) is 0 Å². The van der Waals surface area contributed by atoms with Crippen LogP contribution in [-0.4, -0.2) is 21.0 Å². The molecule has 1 aromatic heterocycles. The molecule has 0 radical (unpaired) electrons. The molecule has 1 aliphatic carbocycles. The molecule has 5 aromatic rings. The van der Waals surface area contributed by atoms with Crippen LogP contribution in [0.1, 0.15) is 33.6 Å². The number of fused-ring (bicyclic) bond motifs is 4. The van der Waals surface area contributed by atoms with E-state index < -0.39 is 0 Å². The highest BCUT2D eigenvalue weighted by atomic mass is 16.3. The topological polar surface area (TPSA) is 75.1 Å². The van der Waals surface area contributed by atoms with Crippen LogP contribution in [0.3, 0.4) is 0 Å². The quantitative estimate of drug-likeness (QED) is 0.325. The summed E-state index contributed by atoms with van der Waals surface area (Å²) >= 11 is 0. The van der Waals surface area contributed by atoms with E-state index in [1.54, 1.807) is 0 Å². The zero-order chi connectivity index (χ0) is 25.2. The van der Waals surface area contributed by atoms with Gasteiger partial charge < -0.3 is 10.4 Å². The van der Waals surface area contributed by atoms with E-state index in [9.17, 15) is 9.90 Å². The van der Waals surface area contributed by atoms with Gasteiger partial charge in [-0.05, 0) is 45.9 Å². The van der Waals surface area contributed by atoms with Gasteiger partial charge in [-0.3, -0.25) is 4.79 Å². The predicted octanol–water partition coefficient (Wildman–Crippen LogP) is 5.66. The standard InChI is InChI=1S/C32H27N3O2/c36-20-23-11-14-27-26(17-23)13-15-28-31(27)33-29(18-21-6-2-1-3-7-21)32(34-28)35-30(37)19-22-10-12-24-8-4-5-9-25(24)16-22/h1-12,14,16-17,36H,13,15,18-20H2,(H,34,35,37). The van der Waals surface area contributed by atoms with Gasteiger partial charge in [0.25, 0.3) is 0 Å². The fourth-order valence-electron chi connectivity index (χ4n) is 5.05. The molecule has 5 nitrogen and oxygen atoms in total. The van der Waals surface area contributed by atoms with Crippen molar-refractivity contribution in [2.24, 2.45) is 0 Å². The van der Waals surface area contributed by atoms with Gasteiger partial charge >= 0.3 is 0 Å². The van der Waals surface area contributed by atoms with E-state index in [0.29, 0.717) is 12.2 Å². The van der Waals surface area contributed by atoms with Gasteiger partial charge in [0.2, 0.25) is 5.91 Å². The van der Waals surface area contributed by atoms with Gasteiger partial charge in [-0.15, -0.1) is 0 Å². The third-order valence-corrected chi connectivity index (χ3v) is 6.93. The second-order valence-corrected chi connectivity index (χ2v) is 9.53. The third-order valence-electron chi connectivity index (χ3n) is 6.93. The molecule has 0 atom stereocenters. The molecular formula is C32H27N3O2. The number of rotatable bonds is 6. The van der Waals surface area contributed by atoms with Crippen molar-refractivity contribution in [3.05, 3.63) is 125 Å². The Morgan fingerprint density at radius 1 is 0.784 bits per heavy atom. The fraction of sp³-hybridized carbons (Fsp3) is 0.156. The van der Waals surface area contributed by atoms with E-state index in [0.717, 1.165) is 62.9 Å². The van der Waals surface area contributed by atoms with Crippen molar-refractivity contribution < 1.29 is 9.90 Å². The first-order valence-corrected chi connectivity index (χ1v) is 12.6. The van der Waals surface area contributed by atoms with Gasteiger partial charge in [0.15, 0.2) is 5.82 Å². The molecule has 1 heterocycles. The molecule has 0 spiro atoms. The lowest BCUT2D eigenvalue weighted by Crippen LogP contribution is -2.20. The summed E-state index contributed by atoms with van der Waals surface area (Å²) in [7, 11) is 0. The molecule has 4 aromatic carbocycles. The number of hydrogen-bond donors (Lipinski definition) is 2. The molecule has 0 saturated carbocycles. The number of carbonyl (C=O) groups is 1. The summed E-state index contributed by atoms with van der Waals surface area (Å²) < 4.78 is 0. The van der Waals surface area contributed by atoms with Gasteiger partial charge in [-0.25, -0.2) is 9.97 Å². The normalized spacial score (nSPS) is 12.1. The number of aromatic nitrogens is 2. The number of amides is 1. The summed E-state index contributed by atoms with van der Waals surface area (Å²) in [5.41, 5.74) is 7.69. The molecule has 5 heteroatoms. The highest BCUT2D eigenvalue weighted by Crippen LogP contribution is 2.34. The van der Waals surface area contributed by atoms with Gasteiger partial charge in [0.05, 0.1) is 30.1 Å². The number of hydrogen-bond acceptors (Lipinski definition) is 4. The summed E-state index contributed by atoms with van der Waals surface area (Å²) in [5.74, 6) is 0.423. The maximum Gasteiger partial charge on any atom is 0.229 e. The third kappa shape index (κ3) is 4.86. The molecule has 1 amide bonds. The lowest BCUT2D eigenvalue weighted by Gasteiger charge is -2.21. The zero-order valence-corrected chi connectivity index (χ0v) is 20.4. The number of nitrogens with zero attached hydrogens (tertiary/aromatic N) is 2. The van der Waals surface area contributed by atoms with Crippen molar-refractivity contribution >= 4 is 22.5 Å². The van der Waals surface area contributed by atoms with E-state index in [2.05, 4.69) is 47.8 Å². The van der Waals surface area contributed by atoms with Crippen LogP contribution in [0, 0.1) is 0 Å². The highest BCUT2D eigenvalue weighted by Gasteiger charge is 2.23. The molecule has 0 aliphatic heterocycles. The van der Waals surface area contributed by atoms with Crippen LogP contribution in [0.15, 0.2) is 91.0 Å². The summed E-state index contributed by atoms with van der Waals surface area (Å²) in [4.78, 5) is 23.2. The lowest BCUT2D eigenvalue weighted by atomic mass is 9.90. The SMILES string of the molecule is O=C(Cc1ccc2ccccc2c1)Nc1nc2c(nc1Cc1ccccc1)-c1ccc(CO)cc1CC2. The van der Waals surface area contributed by atoms with Crippen LogP contribution in [0.25, 0.3) is 22.0 Å². The minimum Gasteiger partial charge on any atom is -0.392 e. The minimum atomic E-state index is -0.109. The van der Waals surface area contributed by atoms with E-state index in [1.807, 2.05) is 48.5 Å². The van der Waals surface area contributed by atoms with E-state index in [4.69, 9.17) is 9.97 Å². The Bertz CT molecular complexity index is 1610. The average Bonchev–Trinajstić information content (AvgIpc) is 2.93. The molecule has 2 N–H and O–H groups in total. The largest absolute Gasteiger partial charge is 0.392 e. The first kappa shape index (κ1) is 23.1. The van der Waals surface area contributed by atoms with Gasteiger partial charge in [-0.1, -0.05) is 91.0 Å². The lowest BCUT2D eigenvalue weighted by molar-refractivity contribution is -0.115. The van der Waals surface area contributed by atoms with Gasteiger partial charge in [-0.2, -0.15) is 0 Å². The molecule has 0 saturated heterocycles. The number of carbonyl (C=O) groups excluding carboxylic acids is 1. The molecular weight excluding hydrogens is 458 g/mol. The maximum absolute atomic E-state index is 13.2. The van der Waals surface area contributed by atoms with Crippen LogP contribution in [0.2, 0.25) is 0 Å². The predicted molar refractivity (Wildman–Crippen MR) is 146 cm³/mol. The molecule has 6 rings (SSSR count). The highest BCUT2D eigenvalue weighted by molar-refractivity contribution is 5.93. The average molecular weight is 486 g/mol. The first-order valence-electron chi connectivity index (χ1n) is 12.6. The number of aliphatic hydroxyl groups is 1. The summed E-state index contributed by atoms with van der Waals surface area (Å²) in [5, 5.41) is 14.9. The number of anilines is 1. The second-order valence-electron chi connectivity index (χ2n) is 9.53. The van der Waals surface area contributed by atoms with E-state index in [1.165, 1.54) is 5.56 Å². The monoisotopic (exact) mass is 485 g/mol. The molecule has 0 fully saturated rings. The summed E-state index contributed by atoms with van der Waals surface area (Å²) in [6, 6.07) is 30.4. The van der Waals surface area contributed by atoms with E-state index >= 15 is 0 Å². The van der Waals surface area contributed by atoms with Gasteiger partial charge in [0, 0.05) is 12.0 Å². The summed E-state index contributed by atoms with van der Waals surface area (Å²) in [6.45, 7) is 0.0211. The van der Waals surface area contributed by atoms with Crippen molar-refractivity contribution in [3.63, 3.8) is 0 Å². The Labute approximate surface area is 215 Å². The minimum absolute atomic E-state index is 0.0211. The molecule has 0 unspecified atom stereocenters. The molecule has 182 valence electrons. The second kappa shape index (κ2) is 9.96. The number of aliphatic hydroxyl groups excluding tert-OH is 1. The Hall–Kier alpha value is -4.35. The molecule has 1 aliphatic rings. The Morgan fingerprint density at radius 3 is 2.41 bits per heavy atom. The van der Waals surface area contributed by atoms with Crippen molar-refractivity contribution in [2.75, 3.05) is 5.32 Å². The zero-order valence-electron chi connectivity index (χ0n) is 20.4. The van der Waals surface area contributed by atoms with E-state index in [-0.39, 0.29) is 18.9 Å². The smallest absolute Gasteiger partial charge is 0.229 e. The first-order chi connectivity index (χ1) is 18.2. The number of aryl methyl sites for hydroxylation is 2. The van der Waals surface area contributed by atoms with Crippen LogP contribution in [0.5, 0.6) is 0 Å². The van der Waals surface area contributed by atoms with Gasteiger partial charge in [0.1, 0.15) is 0 Å². The van der Waals surface area contributed by atoms with Crippen molar-refractivity contribution in [2.45, 2.75) is 32.3 Å². The number of benzene rings is 4. The van der Waals surface area contributed by atoms with Crippen LogP contribution in [0.4, 0.5) is 5.82 Å². The van der Waals surface area contributed by atoms with Crippen LogP contribution < -0.4 is 5.32 Å². The van der Waals surface area contributed by atoms with Crippen molar-refractivity contribution in [3.8, 4) is 11.3 Å². The Morgan fingerprint density at radius 2 is 1.57 bits per heavy atom. The molecule has 37 heavy (non-hydrogen) atoms. The van der Waals surface area contributed by atoms with Crippen LogP contribution >= 0.6 is 0 Å². The van der Waals surface area contributed by atoms with Crippen molar-refractivity contribution in [1.82, 2.24) is 9.97 Å².